The molecule has 1 atom stereocenters. The molecular weight excluding hydrogens is 362 g/mol. The highest BCUT2D eigenvalue weighted by atomic mass is 19.1. The fourth-order valence-electron chi connectivity index (χ4n) is 2.95. The first kappa shape index (κ1) is 20.8. The van der Waals surface area contributed by atoms with E-state index in [9.17, 15) is 28.3 Å². The number of benzene rings is 1. The maximum atomic E-state index is 13.8. The third-order valence-electron chi connectivity index (χ3n) is 4.71. The Morgan fingerprint density at radius 3 is 2.11 bits per heavy atom. The number of carbonyl (C=O) groups excluding carboxylic acids is 2. The summed E-state index contributed by atoms with van der Waals surface area (Å²) in [4.78, 5) is 37.5. The largest absolute Gasteiger partial charge is 0.479 e. The maximum Gasteiger partial charge on any atom is 0.335 e. The quantitative estimate of drug-likeness (QED) is 0.706. The molecule has 1 aromatic rings. The molecule has 1 aromatic carbocycles. The van der Waals surface area contributed by atoms with E-state index < -0.39 is 46.6 Å². The lowest BCUT2D eigenvalue weighted by atomic mass is 9.90. The number of nitrogens with one attached hydrogen (secondary N) is 1. The van der Waals surface area contributed by atoms with Gasteiger partial charge in [-0.1, -0.05) is 19.9 Å². The van der Waals surface area contributed by atoms with Crippen LogP contribution in [0.25, 0.3) is 0 Å². The molecule has 3 N–H and O–H groups in total. The minimum Gasteiger partial charge on any atom is -0.479 e. The Kier molecular flexibility index (Phi) is 6.15. The van der Waals surface area contributed by atoms with Gasteiger partial charge in [0.1, 0.15) is 23.2 Å². The van der Waals surface area contributed by atoms with Crippen LogP contribution in [0.1, 0.15) is 37.0 Å². The maximum absolute atomic E-state index is 13.8. The van der Waals surface area contributed by atoms with Crippen molar-refractivity contribution in [2.24, 2.45) is 5.92 Å². The Balaban J connectivity index is 2.12. The second-order valence-corrected chi connectivity index (χ2v) is 6.95. The Morgan fingerprint density at radius 1 is 1.15 bits per heavy atom. The van der Waals surface area contributed by atoms with Crippen molar-refractivity contribution in [3.63, 3.8) is 0 Å². The van der Waals surface area contributed by atoms with Crippen molar-refractivity contribution in [2.75, 3.05) is 13.1 Å². The average molecular weight is 384 g/mol. The van der Waals surface area contributed by atoms with Crippen LogP contribution in [0.15, 0.2) is 18.2 Å². The van der Waals surface area contributed by atoms with Crippen LogP contribution >= 0.6 is 0 Å². The molecule has 0 bridgehead atoms. The Bertz CT molecular complexity index is 725. The molecule has 0 aliphatic carbocycles. The third kappa shape index (κ3) is 4.41. The summed E-state index contributed by atoms with van der Waals surface area (Å²) in [5.41, 5.74) is -2.65. The fourth-order valence-corrected chi connectivity index (χ4v) is 2.95. The van der Waals surface area contributed by atoms with Crippen LogP contribution in [0.2, 0.25) is 0 Å². The molecule has 27 heavy (non-hydrogen) atoms. The van der Waals surface area contributed by atoms with Crippen LogP contribution in [0.3, 0.4) is 0 Å². The summed E-state index contributed by atoms with van der Waals surface area (Å²) in [6.07, 6.45) is -0.288. The lowest BCUT2D eigenvalue weighted by molar-refractivity contribution is -0.165. The highest BCUT2D eigenvalue weighted by Gasteiger charge is 2.42. The van der Waals surface area contributed by atoms with Gasteiger partial charge in [0.2, 0.25) is 5.91 Å². The van der Waals surface area contributed by atoms with E-state index in [0.29, 0.717) is 0 Å². The number of hydrogen-bond acceptors (Lipinski definition) is 4. The molecule has 1 heterocycles. The SMILES string of the molecule is CC(C)C(NC(=O)c1c(F)cccc1F)C(=O)N1CCC(O)(C(=O)O)CC1. The standard InChI is InChI=1S/C18H22F2N2O5/c1-10(2)14(21-15(23)13-11(19)4-3-5-12(13)20)16(24)22-8-6-18(27,7-9-22)17(25)26/h3-5,10,14,27H,6-9H2,1-2H3,(H,21,23)(H,25,26). The van der Waals surface area contributed by atoms with Crippen LogP contribution in [0, 0.1) is 17.6 Å². The predicted molar refractivity (Wildman–Crippen MR) is 90.8 cm³/mol. The first-order chi connectivity index (χ1) is 12.6. The van der Waals surface area contributed by atoms with Crippen molar-refractivity contribution in [1.29, 1.82) is 0 Å². The van der Waals surface area contributed by atoms with Gasteiger partial charge in [-0.3, -0.25) is 9.59 Å². The summed E-state index contributed by atoms with van der Waals surface area (Å²) in [6, 6.07) is 1.97. The first-order valence-corrected chi connectivity index (χ1v) is 8.56. The van der Waals surface area contributed by atoms with Gasteiger partial charge in [-0.15, -0.1) is 0 Å². The van der Waals surface area contributed by atoms with Crippen molar-refractivity contribution < 1.29 is 33.4 Å². The molecule has 0 spiro atoms. The van der Waals surface area contributed by atoms with Crippen LogP contribution in [-0.4, -0.2) is 57.6 Å². The minimum absolute atomic E-state index is 0.00518. The first-order valence-electron chi connectivity index (χ1n) is 8.56. The fraction of sp³-hybridized carbons (Fsp3) is 0.500. The molecule has 0 aromatic heterocycles. The smallest absolute Gasteiger partial charge is 0.335 e. The second-order valence-electron chi connectivity index (χ2n) is 6.95. The number of rotatable bonds is 5. The van der Waals surface area contributed by atoms with Gasteiger partial charge in [0.15, 0.2) is 5.60 Å². The lowest BCUT2D eigenvalue weighted by Crippen LogP contribution is -2.56. The van der Waals surface area contributed by atoms with Crippen LogP contribution in [-0.2, 0) is 9.59 Å². The molecule has 2 rings (SSSR count). The zero-order valence-electron chi connectivity index (χ0n) is 15.0. The number of amides is 2. The van der Waals surface area contributed by atoms with E-state index >= 15 is 0 Å². The van der Waals surface area contributed by atoms with Gasteiger partial charge in [0, 0.05) is 25.9 Å². The Hall–Kier alpha value is -2.55. The van der Waals surface area contributed by atoms with E-state index in [1.807, 2.05) is 0 Å². The number of carboxylic acid groups (broad SMARTS) is 1. The monoisotopic (exact) mass is 384 g/mol. The second kappa shape index (κ2) is 7.99. The number of aliphatic hydroxyl groups is 1. The van der Waals surface area contributed by atoms with Crippen molar-refractivity contribution in [3.05, 3.63) is 35.4 Å². The molecule has 1 fully saturated rings. The Morgan fingerprint density at radius 2 is 1.67 bits per heavy atom. The number of carboxylic acids is 1. The van der Waals surface area contributed by atoms with Crippen molar-refractivity contribution in [3.8, 4) is 0 Å². The summed E-state index contributed by atoms with van der Waals surface area (Å²) < 4.78 is 27.6. The summed E-state index contributed by atoms with van der Waals surface area (Å²) >= 11 is 0. The number of nitrogens with zero attached hydrogens (tertiary/aromatic N) is 1. The molecular formula is C18H22F2N2O5. The van der Waals surface area contributed by atoms with E-state index in [1.54, 1.807) is 13.8 Å². The average Bonchev–Trinajstić information content (AvgIpc) is 2.59. The van der Waals surface area contributed by atoms with Gasteiger partial charge in [-0.05, 0) is 18.1 Å². The van der Waals surface area contributed by atoms with Crippen molar-refractivity contribution >= 4 is 17.8 Å². The Labute approximate surface area is 155 Å². The summed E-state index contributed by atoms with van der Waals surface area (Å²) in [5.74, 6) is -5.34. The lowest BCUT2D eigenvalue weighted by Gasteiger charge is -2.37. The van der Waals surface area contributed by atoms with Gasteiger partial charge in [0.05, 0.1) is 0 Å². The predicted octanol–water partition coefficient (Wildman–Crippen LogP) is 1.16. The summed E-state index contributed by atoms with van der Waals surface area (Å²) in [7, 11) is 0. The van der Waals surface area contributed by atoms with Crippen LogP contribution in [0.4, 0.5) is 8.78 Å². The number of carbonyl (C=O) groups is 3. The molecule has 1 unspecified atom stereocenters. The number of hydrogen-bond donors (Lipinski definition) is 3. The van der Waals surface area contributed by atoms with E-state index in [0.717, 1.165) is 18.2 Å². The number of piperidine rings is 1. The molecule has 7 nitrogen and oxygen atoms in total. The highest BCUT2D eigenvalue weighted by Crippen LogP contribution is 2.24. The molecule has 1 aliphatic rings. The van der Waals surface area contributed by atoms with E-state index in [1.165, 1.54) is 4.90 Å². The zero-order valence-corrected chi connectivity index (χ0v) is 15.0. The molecule has 2 amide bonds. The van der Waals surface area contributed by atoms with E-state index in [2.05, 4.69) is 5.32 Å². The van der Waals surface area contributed by atoms with Crippen molar-refractivity contribution in [1.82, 2.24) is 10.2 Å². The van der Waals surface area contributed by atoms with E-state index in [-0.39, 0.29) is 31.8 Å². The zero-order chi connectivity index (χ0) is 20.4. The number of likely N-dealkylation sites (tertiary alicyclic amines) is 1. The number of aliphatic carboxylic acids is 1. The molecule has 0 radical (unpaired) electrons. The summed E-state index contributed by atoms with van der Waals surface area (Å²) in [5, 5.41) is 21.4. The molecule has 1 aliphatic heterocycles. The molecule has 0 saturated carbocycles. The van der Waals surface area contributed by atoms with Gasteiger partial charge in [0.25, 0.3) is 5.91 Å². The highest BCUT2D eigenvalue weighted by molar-refractivity contribution is 5.98. The normalized spacial score (nSPS) is 17.5. The molecule has 1 saturated heterocycles. The summed E-state index contributed by atoms with van der Waals surface area (Å²) in [6.45, 7) is 3.32. The van der Waals surface area contributed by atoms with Gasteiger partial charge >= 0.3 is 5.97 Å². The van der Waals surface area contributed by atoms with Crippen LogP contribution < -0.4 is 5.32 Å². The molecule has 148 valence electrons. The van der Waals surface area contributed by atoms with Crippen LogP contribution in [0.5, 0.6) is 0 Å². The van der Waals surface area contributed by atoms with E-state index in [4.69, 9.17) is 5.11 Å². The van der Waals surface area contributed by atoms with Crippen molar-refractivity contribution in [2.45, 2.75) is 38.3 Å². The topological polar surface area (TPSA) is 107 Å². The third-order valence-corrected chi connectivity index (χ3v) is 4.71. The van der Waals surface area contributed by atoms with Gasteiger partial charge in [-0.2, -0.15) is 0 Å². The number of halogens is 2. The van der Waals surface area contributed by atoms with Gasteiger partial charge < -0.3 is 20.4 Å². The van der Waals surface area contributed by atoms with Gasteiger partial charge in [-0.25, -0.2) is 13.6 Å². The molecule has 9 heteroatoms. The minimum atomic E-state index is -1.89.